The molecule has 2 N–H and O–H groups in total. The predicted octanol–water partition coefficient (Wildman–Crippen LogP) is 7.99. The number of nitrogens with one attached hydrogen (secondary N) is 2. The number of anilines is 2. The van der Waals surface area contributed by atoms with Crippen molar-refractivity contribution in [1.29, 1.82) is 0 Å². The van der Waals surface area contributed by atoms with Crippen molar-refractivity contribution in [3.05, 3.63) is 132 Å². The Morgan fingerprint density at radius 2 is 0.861 bits per heavy atom. The van der Waals surface area contributed by atoms with Crippen molar-refractivity contribution < 1.29 is 19.1 Å². The zero-order chi connectivity index (χ0) is 25.6. The number of benzene rings is 4. The van der Waals surface area contributed by atoms with Gasteiger partial charge in [0.15, 0.2) is 0 Å². The van der Waals surface area contributed by atoms with Crippen LogP contribution in [0.15, 0.2) is 121 Å². The van der Waals surface area contributed by atoms with Gasteiger partial charge in [0.1, 0.15) is 12.2 Å². The van der Waals surface area contributed by atoms with Crippen molar-refractivity contribution in [2.24, 2.45) is 0 Å². The van der Waals surface area contributed by atoms with Crippen LogP contribution in [-0.2, 0) is 9.47 Å². The number of hydrogen-bond acceptors (Lipinski definition) is 4. The summed E-state index contributed by atoms with van der Waals surface area (Å²) in [4.78, 5) is 24.2. The van der Waals surface area contributed by atoms with Gasteiger partial charge in [-0.3, -0.25) is 10.6 Å². The quantitative estimate of drug-likeness (QED) is 0.292. The van der Waals surface area contributed by atoms with Crippen LogP contribution in [0.4, 0.5) is 21.0 Å². The van der Waals surface area contributed by atoms with Crippen molar-refractivity contribution in [2.75, 3.05) is 10.6 Å². The van der Waals surface area contributed by atoms with E-state index < -0.39 is 24.4 Å². The summed E-state index contributed by atoms with van der Waals surface area (Å²) in [7, 11) is 0. The van der Waals surface area contributed by atoms with Crippen LogP contribution in [0.2, 0.25) is 0 Å². The van der Waals surface area contributed by atoms with Crippen LogP contribution in [0.1, 0.15) is 37.2 Å². The SMILES string of the molecule is CC(OC(=O)Nc1ccccc1)c1cccc(C(C)OC(=O)Nc2ccccc2)c1.c1ccccc1. The van der Waals surface area contributed by atoms with Crippen molar-refractivity contribution in [3.63, 3.8) is 0 Å². The normalized spacial score (nSPS) is 11.6. The van der Waals surface area contributed by atoms with Crippen LogP contribution in [0.25, 0.3) is 0 Å². The minimum atomic E-state index is -0.536. The molecule has 0 aliphatic heterocycles. The molecule has 4 rings (SSSR count). The molecule has 0 aliphatic carbocycles. The van der Waals surface area contributed by atoms with Gasteiger partial charge < -0.3 is 9.47 Å². The predicted molar refractivity (Wildman–Crippen MR) is 143 cm³/mol. The molecule has 6 heteroatoms. The molecule has 4 aromatic carbocycles. The minimum Gasteiger partial charge on any atom is -0.441 e. The highest BCUT2D eigenvalue weighted by Crippen LogP contribution is 2.24. The summed E-state index contributed by atoms with van der Waals surface area (Å²) < 4.78 is 10.9. The Kier molecular flexibility index (Phi) is 10.1. The molecule has 0 spiro atoms. The van der Waals surface area contributed by atoms with E-state index in [-0.39, 0.29) is 0 Å². The van der Waals surface area contributed by atoms with Crippen LogP contribution in [0.3, 0.4) is 0 Å². The summed E-state index contributed by atoms with van der Waals surface area (Å²) in [5, 5.41) is 5.38. The molecule has 2 amide bonds. The van der Waals surface area contributed by atoms with E-state index in [2.05, 4.69) is 10.6 Å². The molecule has 0 radical (unpaired) electrons. The second-order valence-corrected chi connectivity index (χ2v) is 7.90. The van der Waals surface area contributed by atoms with Crippen LogP contribution >= 0.6 is 0 Å². The standard InChI is InChI=1S/C24H24N2O4.C6H6/c1-17(29-23(27)25-21-12-5-3-6-13-21)19-10-9-11-20(16-19)18(2)30-24(28)26-22-14-7-4-8-15-22;1-2-4-6-5-3-1/h3-18H,1-2H3,(H,25,27)(H,26,28);1-6H. The van der Waals surface area contributed by atoms with Crippen molar-refractivity contribution in [1.82, 2.24) is 0 Å². The first-order valence-corrected chi connectivity index (χ1v) is 11.7. The number of carbonyl (C=O) groups excluding carboxylic acids is 2. The number of ether oxygens (including phenoxy) is 2. The van der Waals surface area contributed by atoms with Gasteiger partial charge in [-0.05, 0) is 55.3 Å². The Bertz CT molecular complexity index is 1100. The average Bonchev–Trinajstić information content (AvgIpc) is 2.91. The summed E-state index contributed by atoms with van der Waals surface area (Å²) in [6, 6.07) is 37.6. The molecule has 4 aromatic rings. The lowest BCUT2D eigenvalue weighted by molar-refractivity contribution is 0.118. The molecule has 184 valence electrons. The lowest BCUT2D eigenvalue weighted by atomic mass is 10.0. The first kappa shape index (κ1) is 26.0. The molecule has 0 saturated heterocycles. The zero-order valence-electron chi connectivity index (χ0n) is 20.3. The number of amides is 2. The lowest BCUT2D eigenvalue weighted by Gasteiger charge is -2.18. The fourth-order valence-electron chi connectivity index (χ4n) is 3.24. The maximum atomic E-state index is 12.1. The molecule has 0 aromatic heterocycles. The van der Waals surface area contributed by atoms with Gasteiger partial charge in [-0.15, -0.1) is 0 Å². The number of para-hydroxylation sites is 2. The highest BCUT2D eigenvalue weighted by atomic mass is 16.6. The van der Waals surface area contributed by atoms with Crippen molar-refractivity contribution in [2.45, 2.75) is 26.1 Å². The van der Waals surface area contributed by atoms with Gasteiger partial charge in [-0.1, -0.05) is 91.0 Å². The number of hydrogen-bond donors (Lipinski definition) is 2. The summed E-state index contributed by atoms with van der Waals surface area (Å²) in [6.45, 7) is 3.58. The van der Waals surface area contributed by atoms with Gasteiger partial charge in [-0.2, -0.15) is 0 Å². The third kappa shape index (κ3) is 8.99. The lowest BCUT2D eigenvalue weighted by Crippen LogP contribution is -2.17. The van der Waals surface area contributed by atoms with E-state index in [1.165, 1.54) is 0 Å². The van der Waals surface area contributed by atoms with Gasteiger partial charge in [0.25, 0.3) is 0 Å². The van der Waals surface area contributed by atoms with E-state index in [0.29, 0.717) is 11.4 Å². The first-order chi connectivity index (χ1) is 17.5. The van der Waals surface area contributed by atoms with E-state index in [1.807, 2.05) is 97.1 Å². The topological polar surface area (TPSA) is 76.7 Å². The molecule has 2 atom stereocenters. The molecule has 0 aliphatic rings. The van der Waals surface area contributed by atoms with Crippen molar-refractivity contribution in [3.8, 4) is 0 Å². The fraction of sp³-hybridized carbons (Fsp3) is 0.133. The second-order valence-electron chi connectivity index (χ2n) is 7.90. The van der Waals surface area contributed by atoms with E-state index in [9.17, 15) is 9.59 Å². The van der Waals surface area contributed by atoms with Crippen molar-refractivity contribution >= 4 is 23.6 Å². The third-order valence-electron chi connectivity index (χ3n) is 5.12. The van der Waals surface area contributed by atoms with E-state index in [1.54, 1.807) is 38.1 Å². The summed E-state index contributed by atoms with van der Waals surface area (Å²) in [5.41, 5.74) is 2.93. The summed E-state index contributed by atoms with van der Waals surface area (Å²) in [5.74, 6) is 0. The zero-order valence-corrected chi connectivity index (χ0v) is 20.3. The molecule has 0 heterocycles. The minimum absolute atomic E-state index is 0.473. The largest absolute Gasteiger partial charge is 0.441 e. The maximum absolute atomic E-state index is 12.1. The van der Waals surface area contributed by atoms with Gasteiger partial charge >= 0.3 is 12.2 Å². The maximum Gasteiger partial charge on any atom is 0.412 e. The third-order valence-corrected chi connectivity index (χ3v) is 5.12. The van der Waals surface area contributed by atoms with E-state index in [0.717, 1.165) is 11.1 Å². The van der Waals surface area contributed by atoms with E-state index in [4.69, 9.17) is 9.47 Å². The highest BCUT2D eigenvalue weighted by Gasteiger charge is 2.16. The molecular formula is C30H30N2O4. The average molecular weight is 483 g/mol. The van der Waals surface area contributed by atoms with Crippen LogP contribution < -0.4 is 10.6 Å². The molecule has 2 unspecified atom stereocenters. The van der Waals surface area contributed by atoms with E-state index >= 15 is 0 Å². The number of rotatable bonds is 6. The second kappa shape index (κ2) is 14.0. The summed E-state index contributed by atoms with van der Waals surface area (Å²) >= 11 is 0. The Balaban J connectivity index is 0.000000526. The Labute approximate surface area is 211 Å². The number of carbonyl (C=O) groups is 2. The molecule has 0 fully saturated rings. The smallest absolute Gasteiger partial charge is 0.412 e. The summed E-state index contributed by atoms with van der Waals surface area (Å²) in [6.07, 6.45) is -2.02. The van der Waals surface area contributed by atoms with Gasteiger partial charge in [0.2, 0.25) is 0 Å². The fourth-order valence-corrected chi connectivity index (χ4v) is 3.24. The van der Waals surface area contributed by atoms with Crippen LogP contribution in [-0.4, -0.2) is 12.2 Å². The Morgan fingerprint density at radius 3 is 1.22 bits per heavy atom. The Morgan fingerprint density at radius 1 is 0.528 bits per heavy atom. The highest BCUT2D eigenvalue weighted by molar-refractivity contribution is 5.85. The van der Waals surface area contributed by atoms with Crippen LogP contribution in [0.5, 0.6) is 0 Å². The molecule has 0 bridgehead atoms. The molecule has 36 heavy (non-hydrogen) atoms. The first-order valence-electron chi connectivity index (χ1n) is 11.7. The van der Waals surface area contributed by atoms with Gasteiger partial charge in [-0.25, -0.2) is 9.59 Å². The van der Waals surface area contributed by atoms with Crippen LogP contribution in [0, 0.1) is 0 Å². The Hall–Kier alpha value is -4.58. The molecule has 6 nitrogen and oxygen atoms in total. The molecular weight excluding hydrogens is 452 g/mol. The monoisotopic (exact) mass is 482 g/mol. The van der Waals surface area contributed by atoms with Gasteiger partial charge in [0, 0.05) is 11.4 Å². The molecule has 0 saturated carbocycles. The van der Waals surface area contributed by atoms with Gasteiger partial charge in [0.05, 0.1) is 0 Å².